The van der Waals surface area contributed by atoms with Gasteiger partial charge in [0.05, 0.1) is 24.1 Å². The number of aliphatic hydroxyl groups is 1. The monoisotopic (exact) mass is 444 g/mol. The number of Topliss-reactive ketones (excluding diaryl/α,β-unsaturated/α-hetero) is 1. The van der Waals surface area contributed by atoms with Gasteiger partial charge >= 0.3 is 0 Å². The normalized spacial score (nSPS) is 19.5. The third-order valence-electron chi connectivity index (χ3n) is 6.20. The molecule has 1 atom stereocenters. The molecule has 0 bridgehead atoms. The Labute approximate surface area is 191 Å². The van der Waals surface area contributed by atoms with E-state index in [0.717, 1.165) is 16.8 Å². The summed E-state index contributed by atoms with van der Waals surface area (Å²) in [5, 5.41) is 11.3. The van der Waals surface area contributed by atoms with Crippen LogP contribution in [0.15, 0.2) is 64.8 Å². The summed E-state index contributed by atoms with van der Waals surface area (Å²) < 4.78 is 11.3. The number of benzene rings is 2. The number of carbonyl (C=O) groups is 2. The molecule has 33 heavy (non-hydrogen) atoms. The molecule has 3 aromatic rings. The number of aliphatic hydroxyl groups excluding tert-OH is 1. The van der Waals surface area contributed by atoms with Crippen LogP contribution in [0.25, 0.3) is 5.76 Å². The van der Waals surface area contributed by atoms with Gasteiger partial charge in [-0.15, -0.1) is 0 Å². The predicted molar refractivity (Wildman–Crippen MR) is 125 cm³/mol. The van der Waals surface area contributed by atoms with E-state index in [1.165, 1.54) is 11.2 Å². The van der Waals surface area contributed by atoms with Crippen LogP contribution < -0.4 is 14.5 Å². The molecule has 7 nitrogen and oxygen atoms in total. The van der Waals surface area contributed by atoms with Crippen LogP contribution in [0.2, 0.25) is 0 Å². The fraction of sp³-hybridized carbons (Fsp3) is 0.231. The number of amides is 1. The highest BCUT2D eigenvalue weighted by atomic mass is 16.5. The van der Waals surface area contributed by atoms with Gasteiger partial charge in [0.25, 0.3) is 11.7 Å². The quantitative estimate of drug-likeness (QED) is 0.367. The second-order valence-electron chi connectivity index (χ2n) is 8.43. The highest BCUT2D eigenvalue weighted by Gasteiger charge is 2.48. The first-order valence-electron chi connectivity index (χ1n) is 10.8. The largest absolute Gasteiger partial charge is 0.507 e. The van der Waals surface area contributed by atoms with E-state index in [1.807, 2.05) is 44.0 Å². The van der Waals surface area contributed by atoms with Crippen LogP contribution in [0.4, 0.5) is 11.4 Å². The second kappa shape index (κ2) is 7.85. The summed E-state index contributed by atoms with van der Waals surface area (Å²) in [5.41, 5.74) is 3.73. The molecule has 1 aromatic heterocycles. The van der Waals surface area contributed by atoms with Crippen molar-refractivity contribution in [2.75, 3.05) is 30.0 Å². The van der Waals surface area contributed by atoms with E-state index < -0.39 is 17.7 Å². The van der Waals surface area contributed by atoms with E-state index in [1.54, 1.807) is 30.3 Å². The van der Waals surface area contributed by atoms with E-state index in [-0.39, 0.29) is 11.3 Å². The van der Waals surface area contributed by atoms with Crippen molar-refractivity contribution in [2.24, 2.45) is 0 Å². The number of hydrogen-bond donors (Lipinski definition) is 1. The van der Waals surface area contributed by atoms with E-state index in [0.29, 0.717) is 35.9 Å². The molecule has 2 aliphatic rings. The lowest BCUT2D eigenvalue weighted by Gasteiger charge is -2.28. The van der Waals surface area contributed by atoms with Crippen LogP contribution in [0.1, 0.15) is 28.5 Å². The number of anilines is 2. The average molecular weight is 444 g/mol. The van der Waals surface area contributed by atoms with Crippen molar-refractivity contribution >= 4 is 28.8 Å². The van der Waals surface area contributed by atoms with Crippen molar-refractivity contribution < 1.29 is 23.8 Å². The molecule has 7 heteroatoms. The number of nitrogens with zero attached hydrogens (tertiary/aromatic N) is 2. The minimum Gasteiger partial charge on any atom is -0.507 e. The average Bonchev–Trinajstić information content (AvgIpc) is 3.41. The maximum Gasteiger partial charge on any atom is 0.300 e. The molecule has 3 heterocycles. The van der Waals surface area contributed by atoms with Crippen molar-refractivity contribution in [3.63, 3.8) is 0 Å². The van der Waals surface area contributed by atoms with Crippen LogP contribution in [0.3, 0.4) is 0 Å². The zero-order valence-corrected chi connectivity index (χ0v) is 18.7. The molecule has 1 N–H and O–H groups in total. The summed E-state index contributed by atoms with van der Waals surface area (Å²) >= 11 is 0. The van der Waals surface area contributed by atoms with Gasteiger partial charge < -0.3 is 19.2 Å². The molecule has 1 fully saturated rings. The van der Waals surface area contributed by atoms with Crippen molar-refractivity contribution in [3.8, 4) is 5.75 Å². The van der Waals surface area contributed by atoms with E-state index >= 15 is 0 Å². The molecule has 0 spiro atoms. The first kappa shape index (κ1) is 20.9. The van der Waals surface area contributed by atoms with E-state index in [2.05, 4.69) is 0 Å². The maximum atomic E-state index is 13.3. The Morgan fingerprint density at radius 3 is 2.61 bits per heavy atom. The van der Waals surface area contributed by atoms with Gasteiger partial charge in [-0.1, -0.05) is 17.7 Å². The van der Waals surface area contributed by atoms with Crippen molar-refractivity contribution in [1.82, 2.24) is 0 Å². The van der Waals surface area contributed by atoms with Crippen LogP contribution >= 0.6 is 0 Å². The summed E-state index contributed by atoms with van der Waals surface area (Å²) in [6, 6.07) is 13.4. The summed E-state index contributed by atoms with van der Waals surface area (Å²) in [6.45, 7) is 5.14. The number of rotatable bonds is 3. The molecular formula is C26H24N2O5. The Bertz CT molecular complexity index is 1290. The predicted octanol–water partition coefficient (Wildman–Crippen LogP) is 4.35. The lowest BCUT2D eigenvalue weighted by Crippen LogP contribution is -2.30. The zero-order chi connectivity index (χ0) is 23.3. The summed E-state index contributed by atoms with van der Waals surface area (Å²) in [4.78, 5) is 29.9. The number of aryl methyl sites for hydroxylation is 2. The number of carbonyl (C=O) groups excluding carboxylic acids is 2. The molecule has 2 aromatic carbocycles. The first-order valence-corrected chi connectivity index (χ1v) is 10.8. The fourth-order valence-corrected chi connectivity index (χ4v) is 4.53. The second-order valence-corrected chi connectivity index (χ2v) is 8.43. The third kappa shape index (κ3) is 3.36. The molecule has 168 valence electrons. The summed E-state index contributed by atoms with van der Waals surface area (Å²) in [7, 11) is 1.94. The Balaban J connectivity index is 1.69. The van der Waals surface area contributed by atoms with Gasteiger partial charge in [-0.2, -0.15) is 0 Å². The Morgan fingerprint density at radius 2 is 1.88 bits per heavy atom. The topological polar surface area (TPSA) is 83.2 Å². The number of likely N-dealkylation sites (N-methyl/N-ethyl adjacent to an activating group) is 1. The first-order chi connectivity index (χ1) is 15.9. The molecule has 1 unspecified atom stereocenters. The minimum absolute atomic E-state index is 0.00532. The van der Waals surface area contributed by atoms with Crippen LogP contribution in [-0.4, -0.2) is 37.0 Å². The molecule has 5 rings (SSSR count). The fourth-order valence-electron chi connectivity index (χ4n) is 4.53. The lowest BCUT2D eigenvalue weighted by molar-refractivity contribution is -0.132. The summed E-state index contributed by atoms with van der Waals surface area (Å²) in [5.74, 6) is -0.601. The number of furan rings is 1. The van der Waals surface area contributed by atoms with E-state index in [9.17, 15) is 14.7 Å². The summed E-state index contributed by atoms with van der Waals surface area (Å²) in [6.07, 6.45) is 1.49. The van der Waals surface area contributed by atoms with Gasteiger partial charge in [-0.05, 0) is 55.8 Å². The number of fused-ring (bicyclic) bond motifs is 1. The van der Waals surface area contributed by atoms with Gasteiger partial charge in [-0.25, -0.2) is 0 Å². The van der Waals surface area contributed by atoms with Crippen molar-refractivity contribution in [1.29, 1.82) is 0 Å². The molecule has 0 aliphatic carbocycles. The Morgan fingerprint density at radius 1 is 1.06 bits per heavy atom. The Hall–Kier alpha value is -4.00. The van der Waals surface area contributed by atoms with Gasteiger partial charge in [0.15, 0.2) is 0 Å². The van der Waals surface area contributed by atoms with Gasteiger partial charge in [-0.3, -0.25) is 14.5 Å². The third-order valence-corrected chi connectivity index (χ3v) is 6.20. The maximum absolute atomic E-state index is 13.3. The Kier molecular flexibility index (Phi) is 4.96. The number of hydrogen-bond acceptors (Lipinski definition) is 6. The zero-order valence-electron chi connectivity index (χ0n) is 18.7. The van der Waals surface area contributed by atoms with Gasteiger partial charge in [0, 0.05) is 18.3 Å². The van der Waals surface area contributed by atoms with E-state index in [4.69, 9.17) is 9.15 Å². The van der Waals surface area contributed by atoms with Crippen LogP contribution in [0, 0.1) is 13.8 Å². The minimum atomic E-state index is -0.883. The molecule has 1 saturated heterocycles. The molecule has 1 amide bonds. The molecule has 2 aliphatic heterocycles. The highest BCUT2D eigenvalue weighted by Crippen LogP contribution is 2.44. The van der Waals surface area contributed by atoms with Crippen LogP contribution in [-0.2, 0) is 9.59 Å². The highest BCUT2D eigenvalue weighted by molar-refractivity contribution is 6.51. The van der Waals surface area contributed by atoms with Crippen molar-refractivity contribution in [2.45, 2.75) is 19.9 Å². The SMILES string of the molecule is Cc1ccc(N2C(=O)C(=O)/C(=C(\O)c3ccc4c(c3)N(C)CCO4)C2c2ccco2)c(C)c1. The van der Waals surface area contributed by atoms with Crippen LogP contribution in [0.5, 0.6) is 5.75 Å². The molecule has 0 saturated carbocycles. The smallest absolute Gasteiger partial charge is 0.300 e. The van der Waals surface area contributed by atoms with Gasteiger partial charge in [0.1, 0.15) is 29.9 Å². The molecule has 0 radical (unpaired) electrons. The number of ether oxygens (including phenoxy) is 1. The number of ketones is 1. The lowest BCUT2D eigenvalue weighted by atomic mass is 9.98. The van der Waals surface area contributed by atoms with Crippen molar-refractivity contribution in [3.05, 3.63) is 82.8 Å². The molecular weight excluding hydrogens is 420 g/mol. The standard InChI is InChI=1S/C26H24N2O5/c1-15-6-8-18(16(2)13-15)28-23(21-5-4-11-32-21)22(25(30)26(28)31)24(29)17-7-9-20-19(14-17)27(3)10-12-33-20/h4-9,11,13-14,23,29H,10,12H2,1-3H3/b24-22-. The van der Waals surface area contributed by atoms with Gasteiger partial charge in [0.2, 0.25) is 0 Å².